The molecule has 6 heteroatoms. The van der Waals surface area contributed by atoms with E-state index in [1.165, 1.54) is 11.1 Å². The second kappa shape index (κ2) is 7.13. The smallest absolute Gasteiger partial charge is 0.264 e. The van der Waals surface area contributed by atoms with Crippen molar-refractivity contribution >= 4 is 33.1 Å². The lowest BCUT2D eigenvalue weighted by atomic mass is 10.0. The van der Waals surface area contributed by atoms with Crippen molar-refractivity contribution in [2.24, 2.45) is 0 Å². The molecule has 0 spiro atoms. The van der Waals surface area contributed by atoms with E-state index in [-0.39, 0.29) is 6.61 Å². The molecule has 0 unspecified atom stereocenters. The number of para-hydroxylation sites is 1. The van der Waals surface area contributed by atoms with Crippen molar-refractivity contribution in [3.63, 3.8) is 0 Å². The van der Waals surface area contributed by atoms with Crippen molar-refractivity contribution in [1.82, 2.24) is 0 Å². The Bertz CT molecular complexity index is 836. The molecule has 1 heterocycles. The lowest BCUT2D eigenvalue weighted by Gasteiger charge is -2.27. The highest BCUT2D eigenvalue weighted by molar-refractivity contribution is 7.85. The highest BCUT2D eigenvalue weighted by Gasteiger charge is 2.20. The zero-order chi connectivity index (χ0) is 17.2. The van der Waals surface area contributed by atoms with E-state index in [0.29, 0.717) is 18.0 Å². The van der Waals surface area contributed by atoms with E-state index >= 15 is 0 Å². The first kappa shape index (κ1) is 17.3. The van der Waals surface area contributed by atoms with Crippen molar-refractivity contribution < 1.29 is 12.6 Å². The third kappa shape index (κ3) is 4.09. The van der Waals surface area contributed by atoms with Gasteiger partial charge in [0.1, 0.15) is 0 Å². The Morgan fingerprint density at radius 1 is 1.08 bits per heavy atom. The molecule has 4 nitrogen and oxygen atoms in total. The summed E-state index contributed by atoms with van der Waals surface area (Å²) >= 11 is 6.21. The Morgan fingerprint density at radius 3 is 2.54 bits per heavy atom. The molecule has 0 fully saturated rings. The summed E-state index contributed by atoms with van der Waals surface area (Å²) in [6.45, 7) is 0.841. The molecule has 1 aliphatic rings. The van der Waals surface area contributed by atoms with Crippen LogP contribution in [0.4, 0.5) is 11.4 Å². The predicted molar refractivity (Wildman–Crippen MR) is 97.7 cm³/mol. The highest BCUT2D eigenvalue weighted by atomic mass is 35.5. The lowest BCUT2D eigenvalue weighted by molar-refractivity contribution is 0.318. The Balaban J connectivity index is 1.89. The third-order valence-electron chi connectivity index (χ3n) is 4.11. The molecule has 0 amide bonds. The fourth-order valence-corrected chi connectivity index (χ4v) is 3.65. The van der Waals surface area contributed by atoms with Gasteiger partial charge in [-0.25, -0.2) is 0 Å². The van der Waals surface area contributed by atoms with E-state index in [4.69, 9.17) is 15.8 Å². The molecule has 0 N–H and O–H groups in total. The van der Waals surface area contributed by atoms with Crippen molar-refractivity contribution in [2.45, 2.75) is 19.3 Å². The maximum Gasteiger partial charge on any atom is 0.264 e. The largest absolute Gasteiger partial charge is 0.341 e. The Morgan fingerprint density at radius 2 is 1.79 bits per heavy atom. The summed E-state index contributed by atoms with van der Waals surface area (Å²) in [5.74, 6) is 0. The molecule has 128 valence electrons. The number of nitrogens with zero attached hydrogens (tertiary/aromatic N) is 1. The van der Waals surface area contributed by atoms with Gasteiger partial charge in [0.2, 0.25) is 0 Å². The van der Waals surface area contributed by atoms with Crippen LogP contribution in [0.3, 0.4) is 0 Å². The van der Waals surface area contributed by atoms with Gasteiger partial charge in [-0.2, -0.15) is 8.42 Å². The van der Waals surface area contributed by atoms with Gasteiger partial charge < -0.3 is 4.90 Å². The van der Waals surface area contributed by atoms with Gasteiger partial charge in [-0.15, -0.1) is 0 Å². The lowest BCUT2D eigenvalue weighted by Crippen LogP contribution is -2.21. The molecule has 0 aromatic heterocycles. The molecular formula is C18H20ClNO3S. The third-order valence-corrected chi connectivity index (χ3v) is 4.94. The van der Waals surface area contributed by atoms with E-state index in [0.717, 1.165) is 30.5 Å². The maximum atomic E-state index is 11.1. The van der Waals surface area contributed by atoms with Gasteiger partial charge in [0.25, 0.3) is 10.1 Å². The van der Waals surface area contributed by atoms with Gasteiger partial charge in [-0.3, -0.25) is 4.18 Å². The monoisotopic (exact) mass is 365 g/mol. The van der Waals surface area contributed by atoms with Crippen molar-refractivity contribution in [3.05, 3.63) is 58.6 Å². The second-order valence-electron chi connectivity index (χ2n) is 5.93. The van der Waals surface area contributed by atoms with Crippen molar-refractivity contribution in [2.75, 3.05) is 24.3 Å². The summed E-state index contributed by atoms with van der Waals surface area (Å²) in [5, 5.41) is 0.700. The van der Waals surface area contributed by atoms with E-state index in [1.54, 1.807) is 0 Å². The molecule has 3 rings (SSSR count). The van der Waals surface area contributed by atoms with Crippen LogP contribution in [0.5, 0.6) is 0 Å². The standard InChI is InChI=1S/C18H20ClNO3S/c1-24(21,22)23-12-4-11-20-17-6-3-2-5-14(17)7-8-15-9-10-16(19)13-18(15)20/h2-3,5-6,9-10,13H,4,7-8,11-12H2,1H3. The van der Waals surface area contributed by atoms with E-state index in [1.807, 2.05) is 24.3 Å². The van der Waals surface area contributed by atoms with Crippen LogP contribution in [0.15, 0.2) is 42.5 Å². The average Bonchev–Trinajstić information content (AvgIpc) is 2.68. The fraction of sp³-hybridized carbons (Fsp3) is 0.333. The Kier molecular flexibility index (Phi) is 5.13. The zero-order valence-electron chi connectivity index (χ0n) is 13.5. The Labute approximate surface area is 148 Å². The van der Waals surface area contributed by atoms with Gasteiger partial charge in [0.05, 0.1) is 12.9 Å². The van der Waals surface area contributed by atoms with Crippen LogP contribution in [0.1, 0.15) is 17.5 Å². The molecule has 24 heavy (non-hydrogen) atoms. The van der Waals surface area contributed by atoms with Gasteiger partial charge in [-0.05, 0) is 48.6 Å². The summed E-state index contributed by atoms with van der Waals surface area (Å²) in [6, 6.07) is 14.3. The summed E-state index contributed by atoms with van der Waals surface area (Å²) in [4.78, 5) is 2.22. The van der Waals surface area contributed by atoms with E-state index < -0.39 is 10.1 Å². The molecule has 0 atom stereocenters. The quantitative estimate of drug-likeness (QED) is 0.594. The van der Waals surface area contributed by atoms with Crippen LogP contribution < -0.4 is 4.90 Å². The summed E-state index contributed by atoms with van der Waals surface area (Å²) < 4.78 is 27.1. The molecule has 0 saturated carbocycles. The van der Waals surface area contributed by atoms with Gasteiger partial charge in [0.15, 0.2) is 0 Å². The number of hydrogen-bond acceptors (Lipinski definition) is 4. The van der Waals surface area contributed by atoms with E-state index in [9.17, 15) is 8.42 Å². The first-order chi connectivity index (χ1) is 11.4. The first-order valence-electron chi connectivity index (χ1n) is 7.92. The van der Waals surface area contributed by atoms with Gasteiger partial charge >= 0.3 is 0 Å². The number of aryl methyl sites for hydroxylation is 2. The average molecular weight is 366 g/mol. The van der Waals surface area contributed by atoms with Crippen LogP contribution in [0.2, 0.25) is 5.02 Å². The Hall–Kier alpha value is -1.56. The summed E-state index contributed by atoms with van der Waals surface area (Å²) in [7, 11) is -3.40. The number of fused-ring (bicyclic) bond motifs is 2. The number of anilines is 2. The SMILES string of the molecule is CS(=O)(=O)OCCCN1c2ccccc2CCc2ccc(Cl)cc21. The molecule has 1 aliphatic heterocycles. The minimum Gasteiger partial charge on any atom is -0.341 e. The van der Waals surface area contributed by atoms with Crippen LogP contribution in [-0.4, -0.2) is 27.8 Å². The zero-order valence-corrected chi connectivity index (χ0v) is 15.1. The van der Waals surface area contributed by atoms with Gasteiger partial charge in [-0.1, -0.05) is 35.9 Å². The molecule has 0 aliphatic carbocycles. The van der Waals surface area contributed by atoms with Crippen molar-refractivity contribution in [1.29, 1.82) is 0 Å². The maximum absolute atomic E-state index is 11.1. The number of halogens is 1. The van der Waals surface area contributed by atoms with Crippen LogP contribution >= 0.6 is 11.6 Å². The van der Waals surface area contributed by atoms with E-state index in [2.05, 4.69) is 23.1 Å². The number of rotatable bonds is 5. The number of benzene rings is 2. The molecule has 0 bridgehead atoms. The summed E-state index contributed by atoms with van der Waals surface area (Å²) in [5.41, 5.74) is 4.78. The first-order valence-corrected chi connectivity index (χ1v) is 10.1. The predicted octanol–water partition coefficient (Wildman–Crippen LogP) is 3.94. The van der Waals surface area contributed by atoms with Crippen molar-refractivity contribution in [3.8, 4) is 0 Å². The highest BCUT2D eigenvalue weighted by Crippen LogP contribution is 2.37. The van der Waals surface area contributed by atoms with Crippen LogP contribution in [0, 0.1) is 0 Å². The molecule has 0 radical (unpaired) electrons. The normalized spacial score (nSPS) is 14.0. The summed E-state index contributed by atoms with van der Waals surface area (Å²) in [6.07, 6.45) is 3.61. The van der Waals surface area contributed by atoms with Crippen LogP contribution in [0.25, 0.3) is 0 Å². The molecule has 2 aromatic rings. The fourth-order valence-electron chi connectivity index (χ4n) is 3.06. The minimum atomic E-state index is -3.40. The van der Waals surface area contributed by atoms with Gasteiger partial charge in [0, 0.05) is 22.9 Å². The topological polar surface area (TPSA) is 46.6 Å². The van der Waals surface area contributed by atoms with Crippen LogP contribution in [-0.2, 0) is 27.1 Å². The number of hydrogen-bond donors (Lipinski definition) is 0. The second-order valence-corrected chi connectivity index (χ2v) is 8.01. The minimum absolute atomic E-state index is 0.174. The molecular weight excluding hydrogens is 346 g/mol. The molecule has 0 saturated heterocycles. The molecule has 2 aromatic carbocycles.